The lowest BCUT2D eigenvalue weighted by atomic mass is 10.2. The van der Waals surface area contributed by atoms with E-state index in [2.05, 4.69) is 0 Å². The van der Waals surface area contributed by atoms with E-state index in [1.807, 2.05) is 43.3 Å². The minimum absolute atomic E-state index is 0.102. The third kappa shape index (κ3) is 4.09. The van der Waals surface area contributed by atoms with Crippen molar-refractivity contribution in [3.8, 4) is 0 Å². The molecule has 0 spiro atoms. The number of hydrogen-bond donors (Lipinski definition) is 0. The van der Waals surface area contributed by atoms with Crippen LogP contribution in [0.3, 0.4) is 0 Å². The predicted octanol–water partition coefficient (Wildman–Crippen LogP) is 3.10. The van der Waals surface area contributed by atoms with Gasteiger partial charge in [0.05, 0.1) is 4.90 Å². The van der Waals surface area contributed by atoms with Crippen LogP contribution in [0.1, 0.15) is 12.5 Å². The van der Waals surface area contributed by atoms with Crippen LogP contribution in [0, 0.1) is 5.82 Å². The summed E-state index contributed by atoms with van der Waals surface area (Å²) in [4.78, 5) is 2.09. The van der Waals surface area contributed by atoms with Crippen LogP contribution in [-0.4, -0.2) is 33.4 Å². The van der Waals surface area contributed by atoms with Crippen LogP contribution in [0.25, 0.3) is 0 Å². The van der Waals surface area contributed by atoms with Gasteiger partial charge >= 0.3 is 0 Å². The molecule has 0 heterocycles. The molecule has 4 nitrogen and oxygen atoms in total. The molecule has 0 bridgehead atoms. The number of hydrogen-bond acceptors (Lipinski definition) is 3. The zero-order valence-electron chi connectivity index (χ0n) is 13.5. The zero-order valence-corrected chi connectivity index (χ0v) is 14.3. The first-order valence-corrected chi connectivity index (χ1v) is 8.80. The van der Waals surface area contributed by atoms with Crippen LogP contribution in [0.5, 0.6) is 0 Å². The van der Waals surface area contributed by atoms with Gasteiger partial charge in [0, 0.05) is 32.9 Å². The highest BCUT2D eigenvalue weighted by Gasteiger charge is 2.23. The lowest BCUT2D eigenvalue weighted by Gasteiger charge is -2.21. The van der Waals surface area contributed by atoms with Crippen LogP contribution in [0.4, 0.5) is 10.1 Å². The van der Waals surface area contributed by atoms with E-state index in [0.29, 0.717) is 6.54 Å². The summed E-state index contributed by atoms with van der Waals surface area (Å²) in [6.07, 6.45) is 0. The molecule has 23 heavy (non-hydrogen) atoms. The smallest absolute Gasteiger partial charge is 0.243 e. The molecule has 0 saturated heterocycles. The molecule has 0 aliphatic rings. The van der Waals surface area contributed by atoms with Crippen LogP contribution in [0.15, 0.2) is 53.4 Å². The molecule has 2 rings (SSSR count). The first-order valence-electron chi connectivity index (χ1n) is 7.36. The Balaban J connectivity index is 2.23. The van der Waals surface area contributed by atoms with E-state index in [-0.39, 0.29) is 11.4 Å². The van der Waals surface area contributed by atoms with Gasteiger partial charge < -0.3 is 4.90 Å². The number of sulfonamides is 1. The largest absolute Gasteiger partial charge is 0.378 e. The third-order valence-corrected chi connectivity index (χ3v) is 5.55. The minimum atomic E-state index is -3.64. The van der Waals surface area contributed by atoms with Crippen molar-refractivity contribution in [1.29, 1.82) is 0 Å². The van der Waals surface area contributed by atoms with E-state index >= 15 is 0 Å². The topological polar surface area (TPSA) is 40.6 Å². The normalized spacial score (nSPS) is 11.7. The van der Waals surface area contributed by atoms with Gasteiger partial charge in [-0.2, -0.15) is 4.31 Å². The molecular weight excluding hydrogens is 315 g/mol. The Morgan fingerprint density at radius 3 is 2.00 bits per heavy atom. The van der Waals surface area contributed by atoms with E-state index in [9.17, 15) is 12.8 Å². The Morgan fingerprint density at radius 2 is 1.52 bits per heavy atom. The van der Waals surface area contributed by atoms with Crippen LogP contribution >= 0.6 is 0 Å². The second kappa shape index (κ2) is 7.10. The maximum atomic E-state index is 13.0. The number of halogens is 1. The lowest BCUT2D eigenvalue weighted by Crippen LogP contribution is -2.30. The van der Waals surface area contributed by atoms with Gasteiger partial charge in [0.1, 0.15) is 5.82 Å². The molecular formula is C17H21FN2O2S. The molecule has 0 unspecified atom stereocenters. The molecule has 0 fully saturated rings. The molecule has 0 atom stereocenters. The maximum Gasteiger partial charge on any atom is 0.243 e. The van der Waals surface area contributed by atoms with Crippen molar-refractivity contribution in [2.24, 2.45) is 0 Å². The molecule has 124 valence electrons. The number of rotatable bonds is 6. The van der Waals surface area contributed by atoms with Gasteiger partial charge in [-0.05, 0) is 42.0 Å². The van der Waals surface area contributed by atoms with E-state index in [0.717, 1.165) is 23.4 Å². The SMILES string of the molecule is CCN(Cc1ccc(N(C)C)cc1)S(=O)(=O)c1ccc(F)cc1. The Morgan fingerprint density at radius 1 is 0.957 bits per heavy atom. The molecule has 2 aromatic rings. The second-order valence-corrected chi connectivity index (χ2v) is 7.38. The molecule has 0 radical (unpaired) electrons. The van der Waals surface area contributed by atoms with E-state index in [1.54, 1.807) is 6.92 Å². The number of nitrogens with zero attached hydrogens (tertiary/aromatic N) is 2. The van der Waals surface area contributed by atoms with Gasteiger partial charge in [-0.3, -0.25) is 0 Å². The molecule has 0 aliphatic heterocycles. The van der Waals surface area contributed by atoms with Crippen molar-refractivity contribution in [2.75, 3.05) is 25.5 Å². The van der Waals surface area contributed by atoms with Crippen LogP contribution in [-0.2, 0) is 16.6 Å². The molecule has 0 saturated carbocycles. The molecule has 0 aliphatic carbocycles. The van der Waals surface area contributed by atoms with Gasteiger partial charge in [-0.1, -0.05) is 19.1 Å². The van der Waals surface area contributed by atoms with Crippen molar-refractivity contribution >= 4 is 15.7 Å². The summed E-state index contributed by atoms with van der Waals surface area (Å²) in [5.74, 6) is -0.453. The molecule has 0 amide bonds. The van der Waals surface area contributed by atoms with Crippen molar-refractivity contribution < 1.29 is 12.8 Å². The maximum absolute atomic E-state index is 13.0. The summed E-state index contributed by atoms with van der Waals surface area (Å²) >= 11 is 0. The fourth-order valence-corrected chi connectivity index (χ4v) is 3.66. The Bertz CT molecular complexity index is 741. The Hall–Kier alpha value is -1.92. The summed E-state index contributed by atoms with van der Waals surface area (Å²) in [6, 6.07) is 12.6. The quantitative estimate of drug-likeness (QED) is 0.814. The molecule has 0 aromatic heterocycles. The number of benzene rings is 2. The third-order valence-electron chi connectivity index (χ3n) is 3.62. The standard InChI is InChI=1S/C17H21FN2O2S/c1-4-20(13-14-5-9-16(10-6-14)19(2)3)23(21,22)17-11-7-15(18)8-12-17/h5-12H,4,13H2,1-3H3. The zero-order chi connectivity index (χ0) is 17.0. The highest BCUT2D eigenvalue weighted by atomic mass is 32.2. The van der Waals surface area contributed by atoms with Gasteiger partial charge in [0.15, 0.2) is 0 Å². The van der Waals surface area contributed by atoms with Crippen LogP contribution in [0.2, 0.25) is 0 Å². The molecule has 0 N–H and O–H groups in total. The summed E-state index contributed by atoms with van der Waals surface area (Å²) in [5, 5.41) is 0. The fraction of sp³-hybridized carbons (Fsp3) is 0.294. The Kier molecular flexibility index (Phi) is 5.38. The average Bonchev–Trinajstić information content (AvgIpc) is 2.53. The van der Waals surface area contributed by atoms with Gasteiger partial charge in [-0.25, -0.2) is 12.8 Å². The van der Waals surface area contributed by atoms with E-state index < -0.39 is 15.8 Å². The summed E-state index contributed by atoms with van der Waals surface area (Å²) < 4.78 is 39.7. The van der Waals surface area contributed by atoms with Gasteiger partial charge in [0.2, 0.25) is 10.0 Å². The summed E-state index contributed by atoms with van der Waals surface area (Å²) in [5.41, 5.74) is 1.96. The van der Waals surface area contributed by atoms with E-state index in [4.69, 9.17) is 0 Å². The van der Waals surface area contributed by atoms with Crippen molar-refractivity contribution in [3.63, 3.8) is 0 Å². The highest BCUT2D eigenvalue weighted by Crippen LogP contribution is 2.20. The second-order valence-electron chi connectivity index (χ2n) is 5.45. The first kappa shape index (κ1) is 17.4. The summed E-state index contributed by atoms with van der Waals surface area (Å²) in [6.45, 7) is 2.41. The Labute approximate surface area is 137 Å². The van der Waals surface area contributed by atoms with E-state index in [1.165, 1.54) is 16.4 Å². The van der Waals surface area contributed by atoms with Gasteiger partial charge in [-0.15, -0.1) is 0 Å². The van der Waals surface area contributed by atoms with Crippen molar-refractivity contribution in [1.82, 2.24) is 4.31 Å². The molecule has 2 aromatic carbocycles. The van der Waals surface area contributed by atoms with Crippen molar-refractivity contribution in [3.05, 3.63) is 59.9 Å². The average molecular weight is 336 g/mol. The predicted molar refractivity (Wildman–Crippen MR) is 90.4 cm³/mol. The monoisotopic (exact) mass is 336 g/mol. The first-order chi connectivity index (χ1) is 10.8. The van der Waals surface area contributed by atoms with Crippen LogP contribution < -0.4 is 4.90 Å². The molecule has 6 heteroatoms. The number of anilines is 1. The lowest BCUT2D eigenvalue weighted by molar-refractivity contribution is 0.423. The van der Waals surface area contributed by atoms with Gasteiger partial charge in [0.25, 0.3) is 0 Å². The summed E-state index contributed by atoms with van der Waals surface area (Å²) in [7, 11) is 0.265. The fourth-order valence-electron chi connectivity index (χ4n) is 2.23. The minimum Gasteiger partial charge on any atom is -0.378 e. The highest BCUT2D eigenvalue weighted by molar-refractivity contribution is 7.89. The van der Waals surface area contributed by atoms with Crippen molar-refractivity contribution in [2.45, 2.75) is 18.4 Å².